The second kappa shape index (κ2) is 9.72. The summed E-state index contributed by atoms with van der Waals surface area (Å²) in [7, 11) is 1.54. The number of ether oxygens (including phenoxy) is 2. The van der Waals surface area contributed by atoms with Crippen LogP contribution in [0.15, 0.2) is 27.8 Å². The van der Waals surface area contributed by atoms with Crippen molar-refractivity contribution >= 4 is 11.8 Å². The maximum Gasteiger partial charge on any atom is 0.329 e. The molecule has 1 atom stereocenters. The Hall–Kier alpha value is -3.23. The number of benzene rings is 1. The Morgan fingerprint density at radius 1 is 1.16 bits per heavy atom. The third kappa shape index (κ3) is 4.92. The number of carbonyl (C=O) groups excluding carboxylic acids is 1. The number of hydrogen-bond donors (Lipinski definition) is 3. The van der Waals surface area contributed by atoms with Gasteiger partial charge in [-0.2, -0.15) is 0 Å². The number of urea groups is 1. The van der Waals surface area contributed by atoms with Crippen molar-refractivity contribution in [3.05, 3.63) is 50.2 Å². The number of nitrogens with one attached hydrogen (secondary N) is 3. The van der Waals surface area contributed by atoms with Crippen LogP contribution in [0.3, 0.4) is 0 Å². The van der Waals surface area contributed by atoms with E-state index in [2.05, 4.69) is 29.5 Å². The van der Waals surface area contributed by atoms with Crippen LogP contribution in [0.1, 0.15) is 57.2 Å². The van der Waals surface area contributed by atoms with E-state index in [9.17, 15) is 14.4 Å². The van der Waals surface area contributed by atoms with Crippen LogP contribution < -0.4 is 31.4 Å². The lowest BCUT2D eigenvalue weighted by atomic mass is 9.98. The first-order valence-corrected chi connectivity index (χ1v) is 10.6. The van der Waals surface area contributed by atoms with Crippen molar-refractivity contribution in [2.75, 3.05) is 19.0 Å². The van der Waals surface area contributed by atoms with Crippen molar-refractivity contribution in [3.63, 3.8) is 0 Å². The van der Waals surface area contributed by atoms with Gasteiger partial charge in [0.25, 0.3) is 5.56 Å². The molecule has 1 unspecified atom stereocenters. The molecule has 1 aromatic heterocycles. The second-order valence-electron chi connectivity index (χ2n) is 8.00. The van der Waals surface area contributed by atoms with Crippen LogP contribution in [0.4, 0.5) is 10.6 Å². The van der Waals surface area contributed by atoms with Crippen LogP contribution in [-0.2, 0) is 6.54 Å². The zero-order valence-corrected chi connectivity index (χ0v) is 18.4. The lowest BCUT2D eigenvalue weighted by molar-refractivity contribution is 0.248. The highest BCUT2D eigenvalue weighted by atomic mass is 16.5. The maximum atomic E-state index is 12.7. The quantitative estimate of drug-likeness (QED) is 0.566. The number of carbonyl (C=O) groups is 1. The van der Waals surface area contributed by atoms with Crippen LogP contribution in [-0.4, -0.2) is 29.3 Å². The first-order chi connectivity index (χ1) is 14.8. The normalized spacial score (nSPS) is 15.3. The molecule has 0 saturated heterocycles. The molecule has 0 radical (unpaired) electrons. The molecule has 2 aromatic rings. The summed E-state index contributed by atoms with van der Waals surface area (Å²) in [5, 5.41) is 5.41. The van der Waals surface area contributed by atoms with Gasteiger partial charge in [-0.05, 0) is 36.5 Å². The topological polar surface area (TPSA) is 114 Å². The van der Waals surface area contributed by atoms with Gasteiger partial charge in [0.1, 0.15) is 5.82 Å². The van der Waals surface area contributed by atoms with E-state index < -0.39 is 23.3 Å². The Balaban J connectivity index is 2.02. The highest BCUT2D eigenvalue weighted by Gasteiger charge is 2.32. The minimum atomic E-state index is -0.736. The van der Waals surface area contributed by atoms with Gasteiger partial charge in [0, 0.05) is 6.54 Å². The average molecular weight is 431 g/mol. The van der Waals surface area contributed by atoms with E-state index in [1.165, 1.54) is 4.57 Å². The van der Waals surface area contributed by atoms with E-state index in [0.717, 1.165) is 19.3 Å². The van der Waals surface area contributed by atoms with Crippen molar-refractivity contribution in [3.8, 4) is 11.5 Å². The molecule has 168 valence electrons. The van der Waals surface area contributed by atoms with E-state index in [1.807, 2.05) is 6.92 Å². The molecule has 1 aliphatic rings. The van der Waals surface area contributed by atoms with Gasteiger partial charge in [-0.15, -0.1) is 0 Å². The van der Waals surface area contributed by atoms with Crippen LogP contribution in [0.25, 0.3) is 0 Å². The number of nitrogens with zero attached hydrogens (tertiary/aromatic N) is 1. The van der Waals surface area contributed by atoms with Gasteiger partial charge in [0.2, 0.25) is 0 Å². The molecule has 9 nitrogen and oxygen atoms in total. The monoisotopic (exact) mass is 430 g/mol. The minimum Gasteiger partial charge on any atom is -0.493 e. The van der Waals surface area contributed by atoms with Gasteiger partial charge in [0.15, 0.2) is 11.5 Å². The molecular weight excluding hydrogens is 400 g/mol. The van der Waals surface area contributed by atoms with Crippen LogP contribution >= 0.6 is 0 Å². The molecule has 2 heterocycles. The molecular formula is C22H30N4O5. The van der Waals surface area contributed by atoms with E-state index >= 15 is 0 Å². The third-order valence-electron chi connectivity index (χ3n) is 5.24. The standard InChI is InChI=1S/C22H30N4O5/c1-5-6-10-26-19-17(20(27)25-22(26)29)18(23-21(28)24-19)14-7-8-15(16(12-14)30-4)31-11-9-13(2)3/h7-8,12-13,18H,5-6,9-11H2,1-4H3,(H2,23,24,28)(H,25,27,29). The summed E-state index contributed by atoms with van der Waals surface area (Å²) in [5.74, 6) is 1.84. The minimum absolute atomic E-state index is 0.229. The molecule has 1 aromatic carbocycles. The number of methoxy groups -OCH3 is 1. The fraction of sp³-hybridized carbons (Fsp3) is 0.500. The smallest absolute Gasteiger partial charge is 0.329 e. The molecule has 3 N–H and O–H groups in total. The van der Waals surface area contributed by atoms with Crippen LogP contribution in [0, 0.1) is 5.92 Å². The van der Waals surface area contributed by atoms with E-state index in [1.54, 1.807) is 25.3 Å². The van der Waals surface area contributed by atoms with E-state index in [-0.39, 0.29) is 11.4 Å². The summed E-state index contributed by atoms with van der Waals surface area (Å²) in [6, 6.07) is 4.08. The second-order valence-corrected chi connectivity index (χ2v) is 8.00. The molecule has 9 heteroatoms. The Morgan fingerprint density at radius 3 is 2.61 bits per heavy atom. The molecule has 0 aliphatic carbocycles. The number of aromatic nitrogens is 2. The predicted octanol–water partition coefficient (Wildman–Crippen LogP) is 2.99. The zero-order chi connectivity index (χ0) is 22.5. The van der Waals surface area contributed by atoms with Crippen molar-refractivity contribution in [2.24, 2.45) is 5.92 Å². The Labute approximate surface area is 180 Å². The summed E-state index contributed by atoms with van der Waals surface area (Å²) in [6.45, 7) is 7.21. The van der Waals surface area contributed by atoms with Gasteiger partial charge in [-0.3, -0.25) is 19.7 Å². The number of anilines is 1. The van der Waals surface area contributed by atoms with Gasteiger partial charge < -0.3 is 14.8 Å². The van der Waals surface area contributed by atoms with E-state index in [4.69, 9.17) is 9.47 Å². The fourth-order valence-electron chi connectivity index (χ4n) is 3.50. The van der Waals surface area contributed by atoms with Crippen molar-refractivity contribution in [1.29, 1.82) is 0 Å². The fourth-order valence-corrected chi connectivity index (χ4v) is 3.50. The summed E-state index contributed by atoms with van der Waals surface area (Å²) < 4.78 is 12.7. The van der Waals surface area contributed by atoms with E-state index in [0.29, 0.717) is 36.1 Å². The van der Waals surface area contributed by atoms with Crippen molar-refractivity contribution in [1.82, 2.24) is 14.9 Å². The summed E-state index contributed by atoms with van der Waals surface area (Å²) in [4.78, 5) is 39.8. The van der Waals surface area contributed by atoms with Gasteiger partial charge in [-0.25, -0.2) is 9.59 Å². The van der Waals surface area contributed by atoms with Gasteiger partial charge in [0.05, 0.1) is 25.3 Å². The third-order valence-corrected chi connectivity index (χ3v) is 5.24. The zero-order valence-electron chi connectivity index (χ0n) is 18.4. The molecule has 0 spiro atoms. The molecule has 31 heavy (non-hydrogen) atoms. The number of amides is 2. The molecule has 2 amide bonds. The predicted molar refractivity (Wildman–Crippen MR) is 118 cm³/mol. The lowest BCUT2D eigenvalue weighted by Gasteiger charge is -2.29. The first-order valence-electron chi connectivity index (χ1n) is 10.6. The number of H-pyrrole nitrogens is 1. The maximum absolute atomic E-state index is 12.7. The summed E-state index contributed by atoms with van der Waals surface area (Å²) >= 11 is 0. The lowest BCUT2D eigenvalue weighted by Crippen LogP contribution is -2.46. The Bertz CT molecular complexity index is 1060. The SMILES string of the molecule is CCCCn1c2c(c(=O)[nH]c1=O)C(c1ccc(OCCC(C)C)c(OC)c1)NC(=O)N2. The van der Waals surface area contributed by atoms with Crippen molar-refractivity contribution < 1.29 is 14.3 Å². The van der Waals surface area contributed by atoms with Gasteiger partial charge in [-0.1, -0.05) is 33.3 Å². The number of fused-ring (bicyclic) bond motifs is 1. The van der Waals surface area contributed by atoms with Crippen LogP contribution in [0.2, 0.25) is 0 Å². The molecule has 0 saturated carbocycles. The largest absolute Gasteiger partial charge is 0.493 e. The van der Waals surface area contributed by atoms with Gasteiger partial charge >= 0.3 is 11.7 Å². The first kappa shape index (κ1) is 22.5. The number of unbranched alkanes of at least 4 members (excludes halogenated alkanes) is 1. The highest BCUT2D eigenvalue weighted by molar-refractivity contribution is 5.92. The number of rotatable bonds is 9. The summed E-state index contributed by atoms with van der Waals surface area (Å²) in [6.07, 6.45) is 2.52. The molecule has 0 bridgehead atoms. The Morgan fingerprint density at radius 2 is 1.94 bits per heavy atom. The summed E-state index contributed by atoms with van der Waals surface area (Å²) in [5.41, 5.74) is -0.146. The molecule has 3 rings (SSSR count). The Kier molecular flexibility index (Phi) is 7.04. The van der Waals surface area contributed by atoms with Crippen molar-refractivity contribution in [2.45, 2.75) is 52.6 Å². The molecule has 1 aliphatic heterocycles. The number of aromatic amines is 1. The average Bonchev–Trinajstić information content (AvgIpc) is 2.72. The highest BCUT2D eigenvalue weighted by Crippen LogP contribution is 2.34. The van der Waals surface area contributed by atoms with Crippen LogP contribution in [0.5, 0.6) is 11.5 Å². The number of hydrogen-bond acceptors (Lipinski definition) is 5. The molecule has 0 fully saturated rings.